The van der Waals surface area contributed by atoms with E-state index in [1.807, 2.05) is 12.4 Å². The monoisotopic (exact) mass is 219 g/mol. The number of nitrogens with zero attached hydrogens (tertiary/aromatic N) is 2. The molecule has 2 heterocycles. The molecule has 1 aliphatic rings. The summed E-state index contributed by atoms with van der Waals surface area (Å²) in [6.45, 7) is 7.53. The van der Waals surface area contributed by atoms with Crippen LogP contribution in [0.25, 0.3) is 0 Å². The van der Waals surface area contributed by atoms with E-state index in [1.54, 1.807) is 0 Å². The quantitative estimate of drug-likeness (QED) is 0.829. The molecule has 0 aromatic carbocycles. The van der Waals surface area contributed by atoms with Crippen molar-refractivity contribution in [2.45, 2.75) is 33.2 Å². The van der Waals surface area contributed by atoms with Crippen molar-refractivity contribution in [3.05, 3.63) is 24.0 Å². The van der Waals surface area contributed by atoms with Crippen molar-refractivity contribution in [2.24, 2.45) is 11.1 Å². The lowest BCUT2D eigenvalue weighted by atomic mass is 9.82. The molecule has 1 aromatic rings. The smallest absolute Gasteiger partial charge is 0.0442 e. The highest BCUT2D eigenvalue weighted by atomic mass is 15.1. The van der Waals surface area contributed by atoms with Crippen molar-refractivity contribution in [1.29, 1.82) is 0 Å². The summed E-state index contributed by atoms with van der Waals surface area (Å²) in [7, 11) is 0. The standard InChI is InChI=1S/C13H21N3/c1-13(2)4-7-16(8-5-13)12-3-6-15-10-11(12)9-14/h3,6,10H,4-5,7-9,14H2,1-2H3. The predicted octanol–water partition coefficient (Wildman–Crippen LogP) is 2.17. The first-order valence-corrected chi connectivity index (χ1v) is 6.00. The van der Waals surface area contributed by atoms with Crippen LogP contribution in [0, 0.1) is 5.41 Å². The Kier molecular flexibility index (Phi) is 3.15. The van der Waals surface area contributed by atoms with Crippen LogP contribution in [0.4, 0.5) is 5.69 Å². The van der Waals surface area contributed by atoms with E-state index in [0.717, 1.165) is 18.7 Å². The minimum atomic E-state index is 0.492. The fourth-order valence-electron chi connectivity index (χ4n) is 2.24. The largest absolute Gasteiger partial charge is 0.371 e. The highest BCUT2D eigenvalue weighted by molar-refractivity contribution is 5.52. The van der Waals surface area contributed by atoms with E-state index >= 15 is 0 Å². The molecule has 16 heavy (non-hydrogen) atoms. The van der Waals surface area contributed by atoms with E-state index in [2.05, 4.69) is 29.8 Å². The van der Waals surface area contributed by atoms with Crippen LogP contribution in [-0.4, -0.2) is 18.1 Å². The van der Waals surface area contributed by atoms with Crippen molar-refractivity contribution >= 4 is 5.69 Å². The van der Waals surface area contributed by atoms with Crippen LogP contribution < -0.4 is 10.6 Å². The van der Waals surface area contributed by atoms with Crippen molar-refractivity contribution in [3.8, 4) is 0 Å². The summed E-state index contributed by atoms with van der Waals surface area (Å²) in [6.07, 6.45) is 6.24. The number of pyridine rings is 1. The number of nitrogens with two attached hydrogens (primary N) is 1. The summed E-state index contributed by atoms with van der Waals surface area (Å²) in [5, 5.41) is 0. The van der Waals surface area contributed by atoms with E-state index in [0.29, 0.717) is 12.0 Å². The van der Waals surface area contributed by atoms with E-state index in [1.165, 1.54) is 18.5 Å². The summed E-state index contributed by atoms with van der Waals surface area (Å²) in [5.74, 6) is 0. The number of piperidine rings is 1. The van der Waals surface area contributed by atoms with E-state index in [-0.39, 0.29) is 0 Å². The topological polar surface area (TPSA) is 42.2 Å². The molecule has 88 valence electrons. The van der Waals surface area contributed by atoms with Crippen molar-refractivity contribution in [3.63, 3.8) is 0 Å². The van der Waals surface area contributed by atoms with Crippen molar-refractivity contribution < 1.29 is 0 Å². The lowest BCUT2D eigenvalue weighted by molar-refractivity contribution is 0.279. The van der Waals surface area contributed by atoms with Gasteiger partial charge in [-0.25, -0.2) is 0 Å². The first-order valence-electron chi connectivity index (χ1n) is 6.00. The molecule has 0 spiro atoms. The molecule has 0 amide bonds. The van der Waals surface area contributed by atoms with E-state index in [9.17, 15) is 0 Å². The fraction of sp³-hybridized carbons (Fsp3) is 0.615. The molecule has 2 rings (SSSR count). The number of hydrogen-bond acceptors (Lipinski definition) is 3. The fourth-order valence-corrected chi connectivity index (χ4v) is 2.24. The normalized spacial score (nSPS) is 19.8. The molecular formula is C13H21N3. The van der Waals surface area contributed by atoms with Gasteiger partial charge in [-0.15, -0.1) is 0 Å². The SMILES string of the molecule is CC1(C)CCN(c2ccncc2CN)CC1. The summed E-state index contributed by atoms with van der Waals surface area (Å²) in [6, 6.07) is 2.08. The van der Waals surface area contributed by atoms with Gasteiger partial charge in [0.15, 0.2) is 0 Å². The Labute approximate surface area is 97.7 Å². The second kappa shape index (κ2) is 4.42. The summed E-state index contributed by atoms with van der Waals surface area (Å²) in [4.78, 5) is 6.57. The Bertz CT molecular complexity index is 350. The molecule has 1 aromatic heterocycles. The minimum absolute atomic E-state index is 0.492. The zero-order valence-electron chi connectivity index (χ0n) is 10.2. The van der Waals surface area contributed by atoms with E-state index in [4.69, 9.17) is 5.73 Å². The molecule has 2 N–H and O–H groups in total. The number of rotatable bonds is 2. The maximum Gasteiger partial charge on any atom is 0.0442 e. The van der Waals surface area contributed by atoms with Crippen LogP contribution in [0.15, 0.2) is 18.5 Å². The Morgan fingerprint density at radius 2 is 2.06 bits per heavy atom. The molecular weight excluding hydrogens is 198 g/mol. The number of anilines is 1. The predicted molar refractivity (Wildman–Crippen MR) is 67.4 cm³/mol. The first kappa shape index (κ1) is 11.4. The molecule has 0 bridgehead atoms. The maximum absolute atomic E-state index is 5.74. The Morgan fingerprint density at radius 3 is 2.69 bits per heavy atom. The summed E-state index contributed by atoms with van der Waals surface area (Å²) in [5.41, 5.74) is 8.66. The zero-order chi connectivity index (χ0) is 11.6. The van der Waals surface area contributed by atoms with Crippen LogP contribution in [-0.2, 0) is 6.54 Å². The van der Waals surface area contributed by atoms with Gasteiger partial charge in [-0.3, -0.25) is 4.98 Å². The third kappa shape index (κ3) is 2.35. The van der Waals surface area contributed by atoms with Gasteiger partial charge in [0.05, 0.1) is 0 Å². The Morgan fingerprint density at radius 1 is 1.38 bits per heavy atom. The van der Waals surface area contributed by atoms with Gasteiger partial charge in [-0.05, 0) is 24.3 Å². The summed E-state index contributed by atoms with van der Waals surface area (Å²) >= 11 is 0. The number of hydrogen-bond donors (Lipinski definition) is 1. The van der Waals surface area contributed by atoms with Gasteiger partial charge in [0.2, 0.25) is 0 Å². The lowest BCUT2D eigenvalue weighted by Crippen LogP contribution is -2.37. The van der Waals surface area contributed by atoms with Crippen LogP contribution >= 0.6 is 0 Å². The second-order valence-electron chi connectivity index (χ2n) is 5.36. The first-order chi connectivity index (χ1) is 7.62. The lowest BCUT2D eigenvalue weighted by Gasteiger charge is -2.38. The average molecular weight is 219 g/mol. The average Bonchev–Trinajstić information content (AvgIpc) is 2.29. The Balaban J connectivity index is 2.14. The molecule has 0 atom stereocenters. The third-order valence-electron chi connectivity index (χ3n) is 3.56. The highest BCUT2D eigenvalue weighted by Gasteiger charge is 2.26. The number of aromatic nitrogens is 1. The molecule has 1 fully saturated rings. The highest BCUT2D eigenvalue weighted by Crippen LogP contribution is 2.32. The van der Waals surface area contributed by atoms with Gasteiger partial charge >= 0.3 is 0 Å². The van der Waals surface area contributed by atoms with Crippen LogP contribution in [0.3, 0.4) is 0 Å². The van der Waals surface area contributed by atoms with Crippen LogP contribution in [0.2, 0.25) is 0 Å². The maximum atomic E-state index is 5.74. The zero-order valence-corrected chi connectivity index (χ0v) is 10.2. The van der Waals surface area contributed by atoms with Crippen LogP contribution in [0.1, 0.15) is 32.3 Å². The molecule has 3 nitrogen and oxygen atoms in total. The Hall–Kier alpha value is -1.09. The molecule has 0 aliphatic carbocycles. The summed E-state index contributed by atoms with van der Waals surface area (Å²) < 4.78 is 0. The molecule has 1 aliphatic heterocycles. The van der Waals surface area contributed by atoms with Crippen molar-refractivity contribution in [2.75, 3.05) is 18.0 Å². The molecule has 0 unspecified atom stereocenters. The van der Waals surface area contributed by atoms with Gasteiger partial charge in [0.1, 0.15) is 0 Å². The molecule has 0 radical (unpaired) electrons. The molecule has 0 saturated carbocycles. The van der Waals surface area contributed by atoms with Gasteiger partial charge in [-0.2, -0.15) is 0 Å². The van der Waals surface area contributed by atoms with Gasteiger partial charge in [0.25, 0.3) is 0 Å². The van der Waals surface area contributed by atoms with Gasteiger partial charge in [0, 0.05) is 43.3 Å². The van der Waals surface area contributed by atoms with Gasteiger partial charge < -0.3 is 10.6 Å². The van der Waals surface area contributed by atoms with Crippen molar-refractivity contribution in [1.82, 2.24) is 4.98 Å². The third-order valence-corrected chi connectivity index (χ3v) is 3.56. The minimum Gasteiger partial charge on any atom is -0.371 e. The second-order valence-corrected chi connectivity index (χ2v) is 5.36. The van der Waals surface area contributed by atoms with E-state index < -0.39 is 0 Å². The molecule has 3 heteroatoms. The van der Waals surface area contributed by atoms with Crippen LogP contribution in [0.5, 0.6) is 0 Å². The van der Waals surface area contributed by atoms with Gasteiger partial charge in [-0.1, -0.05) is 13.8 Å². The molecule has 1 saturated heterocycles.